The van der Waals surface area contributed by atoms with Gasteiger partial charge in [-0.2, -0.15) is 0 Å². The molecule has 0 bridgehead atoms. The highest BCUT2D eigenvalue weighted by Gasteiger charge is 2.17. The van der Waals surface area contributed by atoms with E-state index in [2.05, 4.69) is 42.6 Å². The van der Waals surface area contributed by atoms with Crippen molar-refractivity contribution in [2.75, 3.05) is 18.9 Å². The first kappa shape index (κ1) is 15.9. The fourth-order valence-electron chi connectivity index (χ4n) is 2.57. The maximum absolute atomic E-state index is 5.74. The Bertz CT molecular complexity index is 351. The molecule has 1 N–H and O–H groups in total. The summed E-state index contributed by atoms with van der Waals surface area (Å²) >= 11 is 1.96. The molecule has 2 unspecified atom stereocenters. The minimum absolute atomic E-state index is 0.516. The van der Waals surface area contributed by atoms with Crippen molar-refractivity contribution >= 4 is 11.8 Å². The van der Waals surface area contributed by atoms with Gasteiger partial charge in [-0.15, -0.1) is 11.8 Å². The molecule has 2 atom stereocenters. The van der Waals surface area contributed by atoms with Crippen LogP contribution in [0.2, 0.25) is 0 Å². The smallest absolute Gasteiger partial charge is 0.0576 e. The van der Waals surface area contributed by atoms with Crippen molar-refractivity contribution in [3.05, 3.63) is 30.3 Å². The Hall–Kier alpha value is -0.510. The molecule has 3 heteroatoms. The van der Waals surface area contributed by atoms with Gasteiger partial charge in [0.25, 0.3) is 0 Å². The van der Waals surface area contributed by atoms with E-state index in [1.54, 1.807) is 0 Å². The summed E-state index contributed by atoms with van der Waals surface area (Å²) in [5, 5.41) is 3.69. The largest absolute Gasteiger partial charge is 0.378 e. The van der Waals surface area contributed by atoms with Crippen LogP contribution in [0, 0.1) is 0 Å². The fourth-order valence-corrected chi connectivity index (χ4v) is 3.59. The Morgan fingerprint density at radius 1 is 1.35 bits per heavy atom. The molecule has 1 aromatic carbocycles. The average Bonchev–Trinajstić information content (AvgIpc) is 3.01. The molecule has 0 spiro atoms. The van der Waals surface area contributed by atoms with Crippen LogP contribution in [-0.2, 0) is 4.74 Å². The summed E-state index contributed by atoms with van der Waals surface area (Å²) in [5.74, 6) is 1.15. The third kappa shape index (κ3) is 5.86. The second kappa shape index (κ2) is 9.43. The highest BCUT2D eigenvalue weighted by Crippen LogP contribution is 2.22. The van der Waals surface area contributed by atoms with Gasteiger partial charge in [0.15, 0.2) is 0 Å². The topological polar surface area (TPSA) is 21.3 Å². The van der Waals surface area contributed by atoms with Gasteiger partial charge < -0.3 is 10.1 Å². The van der Waals surface area contributed by atoms with Crippen molar-refractivity contribution < 1.29 is 4.74 Å². The summed E-state index contributed by atoms with van der Waals surface area (Å²) in [5.41, 5.74) is 0. The number of hydrogen-bond acceptors (Lipinski definition) is 3. The van der Waals surface area contributed by atoms with Gasteiger partial charge in [0, 0.05) is 23.3 Å². The second-order valence-corrected chi connectivity index (χ2v) is 6.58. The van der Waals surface area contributed by atoms with Crippen LogP contribution in [0.4, 0.5) is 0 Å². The Morgan fingerprint density at radius 3 is 2.90 bits per heavy atom. The molecule has 0 aromatic heterocycles. The summed E-state index contributed by atoms with van der Waals surface area (Å²) < 4.78 is 5.74. The maximum atomic E-state index is 5.74. The van der Waals surface area contributed by atoms with E-state index >= 15 is 0 Å². The molecule has 1 heterocycles. The van der Waals surface area contributed by atoms with Gasteiger partial charge in [-0.05, 0) is 50.8 Å². The summed E-state index contributed by atoms with van der Waals surface area (Å²) in [6, 6.07) is 11.3. The summed E-state index contributed by atoms with van der Waals surface area (Å²) in [4.78, 5) is 1.37. The Labute approximate surface area is 127 Å². The zero-order valence-electron chi connectivity index (χ0n) is 12.5. The van der Waals surface area contributed by atoms with Crippen LogP contribution in [0.15, 0.2) is 35.2 Å². The second-order valence-electron chi connectivity index (χ2n) is 5.49. The first-order valence-corrected chi connectivity index (χ1v) is 8.90. The van der Waals surface area contributed by atoms with E-state index in [4.69, 9.17) is 4.74 Å². The highest BCUT2D eigenvalue weighted by atomic mass is 32.2. The molecule has 0 radical (unpaired) electrons. The third-order valence-electron chi connectivity index (χ3n) is 3.74. The third-order valence-corrected chi connectivity index (χ3v) is 4.91. The number of rotatable bonds is 9. The average molecular weight is 293 g/mol. The molecule has 1 aliphatic heterocycles. The van der Waals surface area contributed by atoms with Gasteiger partial charge in [-0.1, -0.05) is 25.1 Å². The molecule has 2 nitrogen and oxygen atoms in total. The standard InChI is InChI=1S/C17H27NOS/c1-2-12-18-15(10-11-16-7-6-13-19-16)14-20-17-8-4-3-5-9-17/h3-5,8-9,15-16,18H,2,6-7,10-14H2,1H3. The maximum Gasteiger partial charge on any atom is 0.0576 e. The summed E-state index contributed by atoms with van der Waals surface area (Å²) in [7, 11) is 0. The molecular formula is C17H27NOS. The lowest BCUT2D eigenvalue weighted by Crippen LogP contribution is -2.32. The predicted molar refractivity (Wildman–Crippen MR) is 87.5 cm³/mol. The summed E-state index contributed by atoms with van der Waals surface area (Å²) in [6.07, 6.45) is 6.65. The minimum Gasteiger partial charge on any atom is -0.378 e. The van der Waals surface area contributed by atoms with E-state index in [0.29, 0.717) is 12.1 Å². The predicted octanol–water partition coefficient (Wildman–Crippen LogP) is 4.11. The van der Waals surface area contributed by atoms with Crippen molar-refractivity contribution in [3.8, 4) is 0 Å². The van der Waals surface area contributed by atoms with Gasteiger partial charge in [0.1, 0.15) is 0 Å². The number of nitrogens with one attached hydrogen (secondary N) is 1. The van der Waals surface area contributed by atoms with E-state index in [-0.39, 0.29) is 0 Å². The zero-order valence-corrected chi connectivity index (χ0v) is 13.3. The zero-order chi connectivity index (χ0) is 14.0. The quantitative estimate of drug-likeness (QED) is 0.692. The van der Waals surface area contributed by atoms with Crippen LogP contribution >= 0.6 is 11.8 Å². The van der Waals surface area contributed by atoms with E-state index in [1.807, 2.05) is 11.8 Å². The Morgan fingerprint density at radius 2 is 2.20 bits per heavy atom. The first-order valence-electron chi connectivity index (χ1n) is 7.91. The highest BCUT2D eigenvalue weighted by molar-refractivity contribution is 7.99. The van der Waals surface area contributed by atoms with Crippen molar-refractivity contribution in [2.24, 2.45) is 0 Å². The first-order chi connectivity index (χ1) is 9.88. The molecule has 1 fully saturated rings. The Kier molecular flexibility index (Phi) is 7.48. The van der Waals surface area contributed by atoms with Crippen LogP contribution < -0.4 is 5.32 Å². The van der Waals surface area contributed by atoms with Gasteiger partial charge in [0.2, 0.25) is 0 Å². The van der Waals surface area contributed by atoms with Crippen molar-refractivity contribution in [1.82, 2.24) is 5.32 Å². The van der Waals surface area contributed by atoms with Crippen LogP contribution in [0.3, 0.4) is 0 Å². The molecule has 20 heavy (non-hydrogen) atoms. The fraction of sp³-hybridized carbons (Fsp3) is 0.647. The molecule has 0 amide bonds. The van der Waals surface area contributed by atoms with Crippen molar-refractivity contribution in [1.29, 1.82) is 0 Å². The van der Waals surface area contributed by atoms with E-state index < -0.39 is 0 Å². The SMILES string of the molecule is CCCNC(CCC1CCCO1)CSc1ccccc1. The lowest BCUT2D eigenvalue weighted by molar-refractivity contribution is 0.100. The lowest BCUT2D eigenvalue weighted by atomic mass is 10.1. The molecule has 2 rings (SSSR count). The molecule has 0 saturated carbocycles. The van der Waals surface area contributed by atoms with Crippen LogP contribution in [0.25, 0.3) is 0 Å². The molecule has 112 valence electrons. The lowest BCUT2D eigenvalue weighted by Gasteiger charge is -2.20. The van der Waals surface area contributed by atoms with Gasteiger partial charge in [-0.3, -0.25) is 0 Å². The molecule has 1 aromatic rings. The molecule has 1 aliphatic rings. The van der Waals surface area contributed by atoms with E-state index in [0.717, 1.165) is 18.9 Å². The van der Waals surface area contributed by atoms with Gasteiger partial charge >= 0.3 is 0 Å². The molecular weight excluding hydrogens is 266 g/mol. The molecule has 0 aliphatic carbocycles. The number of benzene rings is 1. The number of ether oxygens (including phenoxy) is 1. The monoisotopic (exact) mass is 293 g/mol. The molecule has 1 saturated heterocycles. The van der Waals surface area contributed by atoms with E-state index in [9.17, 15) is 0 Å². The van der Waals surface area contributed by atoms with Crippen molar-refractivity contribution in [3.63, 3.8) is 0 Å². The summed E-state index contributed by atoms with van der Waals surface area (Å²) in [6.45, 7) is 4.32. The van der Waals surface area contributed by atoms with Crippen LogP contribution in [-0.4, -0.2) is 31.1 Å². The number of thioether (sulfide) groups is 1. The van der Waals surface area contributed by atoms with Gasteiger partial charge in [0.05, 0.1) is 6.10 Å². The van der Waals surface area contributed by atoms with Crippen molar-refractivity contribution in [2.45, 2.75) is 56.1 Å². The van der Waals surface area contributed by atoms with Gasteiger partial charge in [-0.25, -0.2) is 0 Å². The minimum atomic E-state index is 0.516. The Balaban J connectivity index is 1.73. The van der Waals surface area contributed by atoms with Crippen LogP contribution in [0.5, 0.6) is 0 Å². The van der Waals surface area contributed by atoms with Crippen LogP contribution in [0.1, 0.15) is 39.0 Å². The van der Waals surface area contributed by atoms with E-state index in [1.165, 1.54) is 37.0 Å². The normalized spacial score (nSPS) is 20.1. The number of hydrogen-bond donors (Lipinski definition) is 1.